The van der Waals surface area contributed by atoms with Crippen LogP contribution in [0.3, 0.4) is 0 Å². The van der Waals surface area contributed by atoms with E-state index in [1.807, 2.05) is 13.8 Å². The van der Waals surface area contributed by atoms with Gasteiger partial charge in [0.25, 0.3) is 0 Å². The highest BCUT2D eigenvalue weighted by molar-refractivity contribution is 7.92. The molecule has 0 saturated heterocycles. The summed E-state index contributed by atoms with van der Waals surface area (Å²) in [4.78, 5) is 11.1. The largest absolute Gasteiger partial charge is 0.264 e. The smallest absolute Gasteiger partial charge is 0.221 e. The summed E-state index contributed by atoms with van der Waals surface area (Å²) >= 11 is 0. The van der Waals surface area contributed by atoms with E-state index in [1.54, 1.807) is 18.2 Å². The first-order valence-corrected chi connectivity index (χ1v) is 8.41. The van der Waals surface area contributed by atoms with Crippen molar-refractivity contribution in [3.05, 3.63) is 52.6 Å². The molecule has 1 aliphatic carbocycles. The maximum atomic E-state index is 12.8. The molecule has 6 heteroatoms. The highest BCUT2D eigenvalue weighted by Gasteiger charge is 2.53. The van der Waals surface area contributed by atoms with Gasteiger partial charge in [-0.1, -0.05) is 44.2 Å². The molecule has 0 amide bonds. The topological polar surface area (TPSA) is 77.3 Å². The van der Waals surface area contributed by atoms with Crippen molar-refractivity contribution in [3.8, 4) is 0 Å². The molecule has 5 nitrogen and oxygen atoms in total. The van der Waals surface area contributed by atoms with Crippen LogP contribution in [0, 0.1) is 22.0 Å². The first-order chi connectivity index (χ1) is 9.76. The van der Waals surface area contributed by atoms with Crippen LogP contribution in [0.15, 0.2) is 47.4 Å². The van der Waals surface area contributed by atoms with Crippen molar-refractivity contribution in [2.24, 2.45) is 11.8 Å². The summed E-state index contributed by atoms with van der Waals surface area (Å²) in [7, 11) is -3.65. The van der Waals surface area contributed by atoms with Crippen molar-refractivity contribution in [2.45, 2.75) is 36.5 Å². The molecule has 21 heavy (non-hydrogen) atoms. The quantitative estimate of drug-likeness (QED) is 0.487. The molecule has 1 aliphatic rings. The highest BCUT2D eigenvalue weighted by Crippen LogP contribution is 2.42. The zero-order valence-corrected chi connectivity index (χ0v) is 12.9. The Kier molecular flexibility index (Phi) is 4.18. The number of benzene rings is 1. The summed E-state index contributed by atoms with van der Waals surface area (Å²) in [5.41, 5.74) is 0.444. The first-order valence-electron chi connectivity index (χ1n) is 6.87. The lowest BCUT2D eigenvalue weighted by molar-refractivity contribution is -0.529. The average molecular weight is 309 g/mol. The third-order valence-corrected chi connectivity index (χ3v) is 6.36. The van der Waals surface area contributed by atoms with Crippen molar-refractivity contribution < 1.29 is 13.3 Å². The van der Waals surface area contributed by atoms with Gasteiger partial charge < -0.3 is 0 Å². The second-order valence-corrected chi connectivity index (χ2v) is 7.88. The van der Waals surface area contributed by atoms with E-state index in [4.69, 9.17) is 0 Å². The van der Waals surface area contributed by atoms with Gasteiger partial charge >= 0.3 is 0 Å². The van der Waals surface area contributed by atoms with Crippen LogP contribution < -0.4 is 0 Å². The summed E-state index contributed by atoms with van der Waals surface area (Å²) in [5.74, 6) is -0.652. The molecule has 0 radical (unpaired) electrons. The van der Waals surface area contributed by atoms with Gasteiger partial charge in [0.15, 0.2) is 9.84 Å². The normalized spacial score (nSPS) is 26.2. The van der Waals surface area contributed by atoms with Gasteiger partial charge in [-0.25, -0.2) is 8.42 Å². The number of hydrogen-bond acceptors (Lipinski definition) is 4. The van der Waals surface area contributed by atoms with Crippen LogP contribution in [0.1, 0.15) is 20.3 Å². The second-order valence-electron chi connectivity index (χ2n) is 5.82. The van der Waals surface area contributed by atoms with Crippen LogP contribution in [0.25, 0.3) is 0 Å². The molecule has 1 saturated carbocycles. The minimum Gasteiger partial charge on any atom is -0.264 e. The Morgan fingerprint density at radius 1 is 1.29 bits per heavy atom. The molecule has 0 aliphatic heterocycles. The van der Waals surface area contributed by atoms with E-state index in [2.05, 4.69) is 6.58 Å². The minimum atomic E-state index is -3.65. The number of rotatable bonds is 4. The molecule has 0 aromatic heterocycles. The maximum Gasteiger partial charge on any atom is 0.221 e. The van der Waals surface area contributed by atoms with Gasteiger partial charge in [0.05, 0.1) is 16.1 Å². The third kappa shape index (κ3) is 2.72. The Bertz CT molecular complexity index is 652. The second kappa shape index (κ2) is 5.60. The fourth-order valence-corrected chi connectivity index (χ4v) is 5.46. The van der Waals surface area contributed by atoms with Gasteiger partial charge in [0, 0.05) is 11.3 Å². The molecule has 1 fully saturated rings. The molecule has 2 rings (SSSR count). The molecule has 3 atom stereocenters. The van der Waals surface area contributed by atoms with Crippen LogP contribution >= 0.6 is 0 Å². The van der Waals surface area contributed by atoms with Crippen molar-refractivity contribution in [1.82, 2.24) is 0 Å². The first kappa shape index (κ1) is 15.7. The van der Waals surface area contributed by atoms with Crippen LogP contribution in [-0.4, -0.2) is 24.6 Å². The molecule has 0 bridgehead atoms. The zero-order chi connectivity index (χ0) is 15.8. The standard InChI is InChI=1S/C15H19NO4S/c1-10(2)14-13(16(17)18)9-11(3)15(14)21(19,20)12-7-5-4-6-8-12/h4-8,10,13-15H,3,9H2,1-2H3/t13-,14+,15-/m1/s1. The molecular formula is C15H19NO4S. The average Bonchev–Trinajstić information content (AvgIpc) is 2.78. The summed E-state index contributed by atoms with van der Waals surface area (Å²) in [5, 5.41) is 10.4. The van der Waals surface area contributed by atoms with E-state index in [9.17, 15) is 18.5 Å². The van der Waals surface area contributed by atoms with Gasteiger partial charge in [-0.15, -0.1) is 0 Å². The zero-order valence-electron chi connectivity index (χ0n) is 12.1. The van der Waals surface area contributed by atoms with E-state index in [-0.39, 0.29) is 22.2 Å². The third-order valence-electron chi connectivity index (χ3n) is 4.11. The van der Waals surface area contributed by atoms with E-state index in [0.29, 0.717) is 5.57 Å². The van der Waals surface area contributed by atoms with Gasteiger partial charge in [-0.05, 0) is 18.1 Å². The molecule has 1 aromatic rings. The predicted octanol–water partition coefficient (Wildman–Crippen LogP) is 2.71. The fraction of sp³-hybridized carbons (Fsp3) is 0.467. The SMILES string of the molecule is C=C1C[C@@H]([N+](=O)[O-])[C@H](C(C)C)[C@@H]1S(=O)(=O)c1ccccc1. The van der Waals surface area contributed by atoms with E-state index < -0.39 is 27.0 Å². The Balaban J connectivity index is 2.51. The van der Waals surface area contributed by atoms with Crippen LogP contribution in [0.5, 0.6) is 0 Å². The molecule has 1 aromatic carbocycles. The number of nitro groups is 1. The Hall–Kier alpha value is -1.69. The lowest BCUT2D eigenvalue weighted by Gasteiger charge is -2.24. The predicted molar refractivity (Wildman–Crippen MR) is 80.3 cm³/mol. The Labute approximate surface area is 124 Å². The summed E-state index contributed by atoms with van der Waals surface area (Å²) in [6.45, 7) is 7.46. The number of nitrogens with zero attached hydrogens (tertiary/aromatic N) is 1. The highest BCUT2D eigenvalue weighted by atomic mass is 32.2. The summed E-state index contributed by atoms with van der Waals surface area (Å²) in [6.07, 6.45) is 0.132. The van der Waals surface area contributed by atoms with Crippen LogP contribution in [-0.2, 0) is 9.84 Å². The van der Waals surface area contributed by atoms with Gasteiger partial charge in [0.2, 0.25) is 6.04 Å². The van der Waals surface area contributed by atoms with Crippen molar-refractivity contribution in [3.63, 3.8) is 0 Å². The van der Waals surface area contributed by atoms with Gasteiger partial charge in [0.1, 0.15) is 0 Å². The Morgan fingerprint density at radius 2 is 1.86 bits per heavy atom. The summed E-state index contributed by atoms with van der Waals surface area (Å²) in [6, 6.07) is 7.22. The van der Waals surface area contributed by atoms with Gasteiger partial charge in [-0.3, -0.25) is 10.1 Å². The maximum absolute atomic E-state index is 12.8. The molecule has 0 spiro atoms. The van der Waals surface area contributed by atoms with E-state index >= 15 is 0 Å². The number of hydrogen-bond donors (Lipinski definition) is 0. The molecule has 0 heterocycles. The fourth-order valence-electron chi connectivity index (χ4n) is 3.19. The monoisotopic (exact) mass is 309 g/mol. The molecule has 0 unspecified atom stereocenters. The van der Waals surface area contributed by atoms with Crippen molar-refractivity contribution in [2.75, 3.05) is 0 Å². The lowest BCUT2D eigenvalue weighted by Crippen LogP contribution is -2.37. The van der Waals surface area contributed by atoms with E-state index in [0.717, 1.165) is 0 Å². The molecule has 114 valence electrons. The molecule has 0 N–H and O–H groups in total. The van der Waals surface area contributed by atoms with Crippen molar-refractivity contribution >= 4 is 9.84 Å². The van der Waals surface area contributed by atoms with E-state index in [1.165, 1.54) is 12.1 Å². The molecular weight excluding hydrogens is 290 g/mol. The number of sulfone groups is 1. The van der Waals surface area contributed by atoms with Crippen LogP contribution in [0.2, 0.25) is 0 Å². The minimum absolute atomic E-state index is 0.108. The lowest BCUT2D eigenvalue weighted by atomic mass is 9.91. The Morgan fingerprint density at radius 3 is 2.33 bits per heavy atom. The van der Waals surface area contributed by atoms with Crippen LogP contribution in [0.4, 0.5) is 0 Å². The summed E-state index contributed by atoms with van der Waals surface area (Å²) < 4.78 is 25.7. The van der Waals surface area contributed by atoms with Gasteiger partial charge in [-0.2, -0.15) is 0 Å². The van der Waals surface area contributed by atoms with Crippen molar-refractivity contribution in [1.29, 1.82) is 0 Å².